The minimum atomic E-state index is 0.571. The van der Waals surface area contributed by atoms with E-state index in [-0.39, 0.29) is 0 Å². The molecule has 0 aliphatic heterocycles. The van der Waals surface area contributed by atoms with E-state index in [1.165, 1.54) is 6.33 Å². The first-order chi connectivity index (χ1) is 8.79. The maximum Gasteiger partial charge on any atom is 0.148 e. The van der Waals surface area contributed by atoms with Crippen molar-refractivity contribution >= 4 is 0 Å². The van der Waals surface area contributed by atoms with Gasteiger partial charge in [0.2, 0.25) is 0 Å². The molecule has 0 bridgehead atoms. The molecule has 0 saturated carbocycles. The largest absolute Gasteiger partial charge is 0.383 e. The summed E-state index contributed by atoms with van der Waals surface area (Å²) in [4.78, 5) is 4.14. The highest BCUT2D eigenvalue weighted by atomic mass is 16.5. The van der Waals surface area contributed by atoms with Crippen LogP contribution in [-0.4, -0.2) is 50.0 Å². The molecule has 8 heteroatoms. The number of nitrogens with one attached hydrogen (secondary N) is 1. The first-order valence-corrected chi connectivity index (χ1v) is 5.71. The summed E-state index contributed by atoms with van der Waals surface area (Å²) in [6.45, 7) is 2.74. The third-order valence-electron chi connectivity index (χ3n) is 2.48. The fraction of sp³-hybridized carbons (Fsp3) is 0.600. The maximum absolute atomic E-state index is 4.95. The van der Waals surface area contributed by atoms with Crippen molar-refractivity contribution in [3.8, 4) is 0 Å². The van der Waals surface area contributed by atoms with Crippen molar-refractivity contribution in [1.82, 2.24) is 35.1 Å². The van der Waals surface area contributed by atoms with Gasteiger partial charge in [0.25, 0.3) is 0 Å². The molecule has 18 heavy (non-hydrogen) atoms. The second-order valence-corrected chi connectivity index (χ2v) is 3.88. The Morgan fingerprint density at radius 3 is 3.06 bits per heavy atom. The van der Waals surface area contributed by atoms with Crippen molar-refractivity contribution in [3.05, 3.63) is 24.0 Å². The summed E-state index contributed by atoms with van der Waals surface area (Å²) < 4.78 is 8.41. The van der Waals surface area contributed by atoms with Gasteiger partial charge in [-0.2, -0.15) is 5.10 Å². The molecular weight excluding hydrogens is 234 g/mol. The summed E-state index contributed by atoms with van der Waals surface area (Å²) in [6.07, 6.45) is 3.42. The van der Waals surface area contributed by atoms with Gasteiger partial charge in [0.05, 0.1) is 18.5 Å². The molecule has 0 aromatic carbocycles. The average molecular weight is 251 g/mol. The molecule has 1 N–H and O–H groups in total. The summed E-state index contributed by atoms with van der Waals surface area (Å²) in [5.74, 6) is 0.846. The number of nitrogens with zero attached hydrogens (tertiary/aromatic N) is 6. The average Bonchev–Trinajstić information content (AvgIpc) is 2.96. The molecular formula is C10H17N7O. The molecule has 8 nitrogen and oxygen atoms in total. The maximum atomic E-state index is 4.95. The third-order valence-corrected chi connectivity index (χ3v) is 2.48. The molecule has 0 atom stereocenters. The zero-order chi connectivity index (χ0) is 12.8. The van der Waals surface area contributed by atoms with Crippen LogP contribution >= 0.6 is 0 Å². The monoisotopic (exact) mass is 251 g/mol. The van der Waals surface area contributed by atoms with E-state index in [4.69, 9.17) is 4.74 Å². The van der Waals surface area contributed by atoms with Crippen molar-refractivity contribution in [2.24, 2.45) is 7.05 Å². The number of rotatable bonds is 7. The van der Waals surface area contributed by atoms with Crippen molar-refractivity contribution < 1.29 is 4.74 Å². The molecule has 2 aromatic heterocycles. The fourth-order valence-electron chi connectivity index (χ4n) is 1.50. The number of hydrogen-bond donors (Lipinski definition) is 1. The zero-order valence-corrected chi connectivity index (χ0v) is 10.6. The molecule has 0 amide bonds. The van der Waals surface area contributed by atoms with Gasteiger partial charge in [0.15, 0.2) is 0 Å². The van der Waals surface area contributed by atoms with E-state index >= 15 is 0 Å². The van der Waals surface area contributed by atoms with Crippen LogP contribution in [0.4, 0.5) is 0 Å². The first-order valence-electron chi connectivity index (χ1n) is 5.71. The lowest BCUT2D eigenvalue weighted by atomic mass is 10.4. The van der Waals surface area contributed by atoms with Crippen molar-refractivity contribution in [2.75, 3.05) is 20.3 Å². The Labute approximate surface area is 105 Å². The van der Waals surface area contributed by atoms with E-state index in [0.717, 1.165) is 18.1 Å². The van der Waals surface area contributed by atoms with Crippen LogP contribution in [0.25, 0.3) is 0 Å². The summed E-state index contributed by atoms with van der Waals surface area (Å²) in [5.41, 5.74) is 0.897. The molecule has 0 saturated heterocycles. The van der Waals surface area contributed by atoms with Crippen LogP contribution < -0.4 is 5.32 Å². The fourth-order valence-corrected chi connectivity index (χ4v) is 1.50. The van der Waals surface area contributed by atoms with Gasteiger partial charge in [-0.05, 0) is 0 Å². The van der Waals surface area contributed by atoms with Gasteiger partial charge in [-0.1, -0.05) is 5.21 Å². The summed E-state index contributed by atoms with van der Waals surface area (Å²) in [6, 6.07) is 0. The molecule has 0 aliphatic rings. The quantitative estimate of drug-likeness (QED) is 0.648. The summed E-state index contributed by atoms with van der Waals surface area (Å²) in [5, 5.41) is 15.3. The molecule has 2 aromatic rings. The van der Waals surface area contributed by atoms with Gasteiger partial charge in [0, 0.05) is 27.2 Å². The number of hydrogen-bond acceptors (Lipinski definition) is 6. The number of aromatic nitrogens is 6. The van der Waals surface area contributed by atoms with Crippen LogP contribution in [0.15, 0.2) is 12.5 Å². The van der Waals surface area contributed by atoms with Gasteiger partial charge in [-0.25, -0.2) is 9.67 Å². The van der Waals surface area contributed by atoms with E-state index < -0.39 is 0 Å². The van der Waals surface area contributed by atoms with E-state index in [1.54, 1.807) is 16.5 Å². The van der Waals surface area contributed by atoms with Gasteiger partial charge >= 0.3 is 0 Å². The van der Waals surface area contributed by atoms with E-state index in [1.807, 2.05) is 13.2 Å². The molecule has 0 spiro atoms. The third kappa shape index (κ3) is 3.34. The Morgan fingerprint density at radius 2 is 2.33 bits per heavy atom. The van der Waals surface area contributed by atoms with E-state index in [2.05, 4.69) is 25.7 Å². The summed E-state index contributed by atoms with van der Waals surface area (Å²) >= 11 is 0. The lowest BCUT2D eigenvalue weighted by Gasteiger charge is -2.00. The van der Waals surface area contributed by atoms with Crippen LogP contribution in [0.2, 0.25) is 0 Å². The van der Waals surface area contributed by atoms with E-state index in [0.29, 0.717) is 19.7 Å². The predicted octanol–water partition coefficient (Wildman–Crippen LogP) is -0.809. The van der Waals surface area contributed by atoms with Crippen molar-refractivity contribution in [2.45, 2.75) is 13.1 Å². The van der Waals surface area contributed by atoms with Crippen LogP contribution in [0, 0.1) is 0 Å². The normalized spacial score (nSPS) is 11.0. The van der Waals surface area contributed by atoms with Crippen molar-refractivity contribution in [1.29, 1.82) is 0 Å². The van der Waals surface area contributed by atoms with Crippen LogP contribution in [0.5, 0.6) is 0 Å². The van der Waals surface area contributed by atoms with Crippen molar-refractivity contribution in [3.63, 3.8) is 0 Å². The van der Waals surface area contributed by atoms with Crippen LogP contribution in [0.3, 0.4) is 0 Å². The highest BCUT2D eigenvalue weighted by Gasteiger charge is 2.04. The molecule has 0 unspecified atom stereocenters. The molecule has 98 valence electrons. The second kappa shape index (κ2) is 6.22. The number of ether oxygens (including phenoxy) is 1. The van der Waals surface area contributed by atoms with Crippen LogP contribution in [0.1, 0.15) is 11.5 Å². The highest BCUT2D eigenvalue weighted by molar-refractivity contribution is 4.94. The minimum Gasteiger partial charge on any atom is -0.383 e. The Bertz CT molecular complexity index is 478. The molecule has 0 radical (unpaired) electrons. The lowest BCUT2D eigenvalue weighted by molar-refractivity contribution is 0.199. The second-order valence-electron chi connectivity index (χ2n) is 3.88. The van der Waals surface area contributed by atoms with Gasteiger partial charge < -0.3 is 10.1 Å². The lowest BCUT2D eigenvalue weighted by Crippen LogP contribution is -2.18. The molecule has 2 rings (SSSR count). The minimum absolute atomic E-state index is 0.571. The molecule has 0 fully saturated rings. The Morgan fingerprint density at radius 1 is 1.44 bits per heavy atom. The molecule has 0 aliphatic carbocycles. The first kappa shape index (κ1) is 12.7. The topological polar surface area (TPSA) is 82.7 Å². The Balaban J connectivity index is 1.84. The Kier molecular flexibility index (Phi) is 4.37. The smallest absolute Gasteiger partial charge is 0.148 e. The zero-order valence-electron chi connectivity index (χ0n) is 10.6. The van der Waals surface area contributed by atoms with E-state index in [9.17, 15) is 0 Å². The number of aryl methyl sites for hydroxylation is 1. The standard InChI is InChI=1S/C10H17N7O/c1-16-10(12-8-13-16)7-17-6-9(14-15-17)5-11-3-4-18-2/h6,8,11H,3-5,7H2,1-2H3. The predicted molar refractivity (Wildman–Crippen MR) is 63.7 cm³/mol. The molecule has 2 heterocycles. The van der Waals surface area contributed by atoms with Gasteiger partial charge in [-0.3, -0.25) is 4.68 Å². The SMILES string of the molecule is COCCNCc1cn(Cc2ncnn2C)nn1. The summed E-state index contributed by atoms with van der Waals surface area (Å²) in [7, 11) is 3.53. The van der Waals surface area contributed by atoms with Gasteiger partial charge in [-0.15, -0.1) is 5.10 Å². The highest BCUT2D eigenvalue weighted by Crippen LogP contribution is 1.97. The van der Waals surface area contributed by atoms with Gasteiger partial charge in [0.1, 0.15) is 18.7 Å². The number of methoxy groups -OCH3 is 1. The Hall–Kier alpha value is -1.80. The van der Waals surface area contributed by atoms with Crippen LogP contribution in [-0.2, 0) is 24.9 Å².